The monoisotopic (exact) mass is 300 g/mol. The zero-order chi connectivity index (χ0) is 16.6. The van der Waals surface area contributed by atoms with Crippen LogP contribution in [0.5, 0.6) is 0 Å². The van der Waals surface area contributed by atoms with Crippen LogP contribution >= 0.6 is 0 Å². The van der Waals surface area contributed by atoms with Crippen molar-refractivity contribution in [3.8, 4) is 0 Å². The van der Waals surface area contributed by atoms with Crippen molar-refractivity contribution in [1.29, 1.82) is 0 Å². The van der Waals surface area contributed by atoms with E-state index in [2.05, 4.69) is 13.2 Å². The van der Waals surface area contributed by atoms with E-state index in [4.69, 9.17) is 5.73 Å². The first-order chi connectivity index (χ1) is 9.65. The molecule has 1 atom stereocenters. The predicted octanol–water partition coefficient (Wildman–Crippen LogP) is 3.96. The number of halogens is 3. The molecule has 1 unspecified atom stereocenters. The molecule has 0 aliphatic rings. The average Bonchev–Trinajstić information content (AvgIpc) is 2.37. The molecule has 0 radical (unpaired) electrons. The number of hydrogen-bond donors (Lipinski definition) is 1. The minimum atomic E-state index is -4.44. The summed E-state index contributed by atoms with van der Waals surface area (Å²) in [6.45, 7) is 8.71. The van der Waals surface area contributed by atoms with Crippen LogP contribution in [0.4, 0.5) is 13.2 Å². The van der Waals surface area contributed by atoms with Gasteiger partial charge in [0.25, 0.3) is 0 Å². The van der Waals surface area contributed by atoms with Gasteiger partial charge in [-0.1, -0.05) is 43.5 Å². The molecule has 0 aliphatic carbocycles. The Labute approximate surface area is 124 Å². The Morgan fingerprint density at radius 2 is 1.90 bits per heavy atom. The molecule has 0 saturated heterocycles. The maximum Gasteiger partial charge on any atom is 0.416 e. The molecule has 0 bridgehead atoms. The maximum absolute atomic E-state index is 13.0. The van der Waals surface area contributed by atoms with Crippen molar-refractivity contribution in [2.45, 2.75) is 25.7 Å². The summed E-state index contributed by atoms with van der Waals surface area (Å²) in [5, 5.41) is 0. The largest absolute Gasteiger partial charge is 0.416 e. The van der Waals surface area contributed by atoms with Gasteiger partial charge in [-0.2, -0.15) is 13.2 Å². The molecule has 0 saturated carbocycles. The fourth-order valence-electron chi connectivity index (χ4n) is 1.58. The van der Waals surface area contributed by atoms with Crippen molar-refractivity contribution in [3.63, 3.8) is 0 Å². The molecule has 2 nitrogen and oxygen atoms in total. The van der Waals surface area contributed by atoms with E-state index in [0.717, 1.165) is 6.08 Å². The number of hydrogen-bond acceptors (Lipinski definition) is 2. The molecule has 0 heterocycles. The standard InChI is InChI=1S/C16H23F3N2/c1-6-9-14(16(17,18)19)13(7-2)12(3)10-8-11-15(20)21(4)5/h6-9,11,15H,2-3,10,20H2,1,4-5H3/b9-6-,11-8?,14-13-. The molecule has 21 heavy (non-hydrogen) atoms. The van der Waals surface area contributed by atoms with E-state index < -0.39 is 11.7 Å². The number of likely N-dealkylation sites (N-methyl/N-ethyl adjacent to an activating group) is 1. The fraction of sp³-hybridized carbons (Fsp3) is 0.375. The highest BCUT2D eigenvalue weighted by Crippen LogP contribution is 2.33. The minimum Gasteiger partial charge on any atom is -0.312 e. The lowest BCUT2D eigenvalue weighted by Crippen LogP contribution is -2.34. The molecule has 2 N–H and O–H groups in total. The van der Waals surface area contributed by atoms with E-state index >= 15 is 0 Å². The molecule has 0 rings (SSSR count). The summed E-state index contributed by atoms with van der Waals surface area (Å²) < 4.78 is 39.1. The second-order valence-electron chi connectivity index (χ2n) is 4.72. The van der Waals surface area contributed by atoms with Crippen LogP contribution in [0.25, 0.3) is 0 Å². The van der Waals surface area contributed by atoms with Crippen molar-refractivity contribution in [1.82, 2.24) is 4.90 Å². The summed E-state index contributed by atoms with van der Waals surface area (Å²) in [6.07, 6.45) is 2.53. The Bertz CT molecular complexity index is 455. The highest BCUT2D eigenvalue weighted by atomic mass is 19.4. The normalized spacial score (nSPS) is 15.6. The summed E-state index contributed by atoms with van der Waals surface area (Å²) in [5.41, 5.74) is 5.38. The van der Waals surface area contributed by atoms with Gasteiger partial charge < -0.3 is 5.73 Å². The van der Waals surface area contributed by atoms with E-state index in [0.29, 0.717) is 5.57 Å². The average molecular weight is 300 g/mol. The zero-order valence-corrected chi connectivity index (χ0v) is 12.7. The van der Waals surface area contributed by atoms with Crippen LogP contribution in [0.3, 0.4) is 0 Å². The molecule has 0 aliphatic heterocycles. The van der Waals surface area contributed by atoms with E-state index in [1.54, 1.807) is 17.1 Å². The third-order valence-electron chi connectivity index (χ3n) is 2.81. The predicted molar refractivity (Wildman–Crippen MR) is 82.7 cm³/mol. The maximum atomic E-state index is 13.0. The second kappa shape index (κ2) is 8.64. The topological polar surface area (TPSA) is 29.3 Å². The van der Waals surface area contributed by atoms with Gasteiger partial charge in [0.2, 0.25) is 0 Å². The summed E-state index contributed by atoms with van der Waals surface area (Å²) >= 11 is 0. The number of nitrogens with two attached hydrogens (primary N) is 1. The van der Waals surface area contributed by atoms with Gasteiger partial charge in [-0.15, -0.1) is 0 Å². The Morgan fingerprint density at radius 1 is 1.33 bits per heavy atom. The quantitative estimate of drug-likeness (QED) is 0.438. The summed E-state index contributed by atoms with van der Waals surface area (Å²) in [4.78, 5) is 1.78. The van der Waals surface area contributed by atoms with Crippen LogP contribution in [-0.2, 0) is 0 Å². The van der Waals surface area contributed by atoms with E-state index in [-0.39, 0.29) is 18.2 Å². The van der Waals surface area contributed by atoms with Crippen molar-refractivity contribution >= 4 is 0 Å². The Kier molecular flexibility index (Phi) is 7.99. The smallest absolute Gasteiger partial charge is 0.312 e. The van der Waals surface area contributed by atoms with Gasteiger partial charge in [0, 0.05) is 0 Å². The highest BCUT2D eigenvalue weighted by molar-refractivity contribution is 5.48. The first kappa shape index (κ1) is 19.4. The van der Waals surface area contributed by atoms with Crippen molar-refractivity contribution < 1.29 is 13.2 Å². The molecule has 5 heteroatoms. The molecule has 0 fully saturated rings. The Hall–Kier alpha value is -1.59. The molecule has 118 valence electrons. The third-order valence-corrected chi connectivity index (χ3v) is 2.81. The molecule has 0 aromatic heterocycles. The third kappa shape index (κ3) is 6.60. The number of rotatable bonds is 7. The van der Waals surface area contributed by atoms with E-state index in [1.807, 2.05) is 14.1 Å². The van der Waals surface area contributed by atoms with E-state index in [9.17, 15) is 13.2 Å². The second-order valence-corrected chi connectivity index (χ2v) is 4.72. The lowest BCUT2D eigenvalue weighted by molar-refractivity contribution is -0.0887. The van der Waals surface area contributed by atoms with Crippen LogP contribution in [0.1, 0.15) is 13.3 Å². The number of alkyl halides is 3. The van der Waals surface area contributed by atoms with Gasteiger partial charge in [0.05, 0.1) is 11.7 Å². The van der Waals surface area contributed by atoms with Crippen LogP contribution in [0.2, 0.25) is 0 Å². The lowest BCUT2D eigenvalue weighted by atomic mass is 9.97. The molecule has 0 amide bonds. The van der Waals surface area contributed by atoms with E-state index in [1.165, 1.54) is 19.1 Å². The first-order valence-corrected chi connectivity index (χ1v) is 6.48. The molecular formula is C16H23F3N2. The van der Waals surface area contributed by atoms with Gasteiger partial charge in [-0.3, -0.25) is 4.90 Å². The fourth-order valence-corrected chi connectivity index (χ4v) is 1.58. The minimum absolute atomic E-state index is 0.00340. The first-order valence-electron chi connectivity index (χ1n) is 6.48. The Morgan fingerprint density at radius 3 is 2.29 bits per heavy atom. The highest BCUT2D eigenvalue weighted by Gasteiger charge is 2.34. The van der Waals surface area contributed by atoms with Crippen molar-refractivity contribution in [2.75, 3.05) is 14.1 Å². The van der Waals surface area contributed by atoms with Gasteiger partial charge in [-0.05, 0) is 38.6 Å². The van der Waals surface area contributed by atoms with Crippen molar-refractivity contribution in [2.24, 2.45) is 5.73 Å². The number of allylic oxidation sites excluding steroid dienone is 7. The summed E-state index contributed by atoms with van der Waals surface area (Å²) in [5.74, 6) is 0. The molecular weight excluding hydrogens is 277 g/mol. The van der Waals surface area contributed by atoms with Gasteiger partial charge >= 0.3 is 6.18 Å². The lowest BCUT2D eigenvalue weighted by Gasteiger charge is -2.16. The molecule has 0 aromatic carbocycles. The van der Waals surface area contributed by atoms with Gasteiger partial charge in [0.15, 0.2) is 0 Å². The van der Waals surface area contributed by atoms with Crippen molar-refractivity contribution in [3.05, 3.63) is 60.3 Å². The summed E-state index contributed by atoms with van der Waals surface area (Å²) in [6, 6.07) is 0. The van der Waals surface area contributed by atoms with Gasteiger partial charge in [0.1, 0.15) is 0 Å². The number of nitrogens with zero attached hydrogens (tertiary/aromatic N) is 1. The van der Waals surface area contributed by atoms with Crippen LogP contribution in [-0.4, -0.2) is 31.3 Å². The van der Waals surface area contributed by atoms with Crippen LogP contribution in [0.15, 0.2) is 60.3 Å². The van der Waals surface area contributed by atoms with Crippen LogP contribution < -0.4 is 5.73 Å². The van der Waals surface area contributed by atoms with Gasteiger partial charge in [-0.25, -0.2) is 0 Å². The SMILES string of the molecule is C=C/C(C(=C)CC=CC(N)N(C)C)=C(\C=C/C)C(F)(F)F. The molecule has 0 aromatic rings. The summed E-state index contributed by atoms with van der Waals surface area (Å²) in [7, 11) is 3.62. The molecule has 0 spiro atoms. The zero-order valence-electron chi connectivity index (χ0n) is 12.7. The Balaban J connectivity index is 5.27. The van der Waals surface area contributed by atoms with Crippen LogP contribution in [0, 0.1) is 0 Å².